The fraction of sp³-hybridized carbons (Fsp3) is 0.310. The van der Waals surface area contributed by atoms with Gasteiger partial charge in [-0.25, -0.2) is 8.42 Å². The van der Waals surface area contributed by atoms with Crippen molar-refractivity contribution in [2.24, 2.45) is 0 Å². The molecule has 0 spiro atoms. The van der Waals surface area contributed by atoms with Crippen LogP contribution in [0.5, 0.6) is 11.5 Å². The third-order valence-electron chi connectivity index (χ3n) is 6.17. The van der Waals surface area contributed by atoms with E-state index in [0.29, 0.717) is 30.2 Å². The number of likely N-dealkylation sites (N-methyl/N-ethyl adjacent to an activating group) is 1. The molecule has 9 nitrogen and oxygen atoms in total. The van der Waals surface area contributed by atoms with Gasteiger partial charge >= 0.3 is 0 Å². The highest BCUT2D eigenvalue weighted by molar-refractivity contribution is 7.92. The Labute approximate surface area is 230 Å². The van der Waals surface area contributed by atoms with E-state index in [1.54, 1.807) is 56.5 Å². The van der Waals surface area contributed by atoms with Crippen molar-refractivity contribution < 1.29 is 27.5 Å². The first-order valence-electron chi connectivity index (χ1n) is 12.5. The topological polar surface area (TPSA) is 105 Å². The summed E-state index contributed by atoms with van der Waals surface area (Å²) in [5, 5.41) is 2.60. The van der Waals surface area contributed by atoms with Gasteiger partial charge in [-0.05, 0) is 53.9 Å². The van der Waals surface area contributed by atoms with Crippen LogP contribution < -0.4 is 19.1 Å². The van der Waals surface area contributed by atoms with Crippen molar-refractivity contribution in [2.45, 2.75) is 32.5 Å². The third kappa shape index (κ3) is 8.22. The standard InChI is InChI=1S/C29H35N3O6S/c1-5-27(29(34)30-2)31(19-23-12-9-13-26(18-23)37-3)28(33)20-32(39(4,35)36)24-14-16-25(17-15-24)38-21-22-10-7-6-8-11-22/h6-18,27H,5,19-21H2,1-4H3,(H,30,34)/t27-/m1/s1. The minimum atomic E-state index is -3.83. The van der Waals surface area contributed by atoms with E-state index in [9.17, 15) is 18.0 Å². The van der Waals surface area contributed by atoms with Crippen molar-refractivity contribution in [3.8, 4) is 11.5 Å². The van der Waals surface area contributed by atoms with E-state index >= 15 is 0 Å². The van der Waals surface area contributed by atoms with Crippen LogP contribution in [0.4, 0.5) is 5.69 Å². The first-order chi connectivity index (χ1) is 18.7. The summed E-state index contributed by atoms with van der Waals surface area (Å²) in [6.07, 6.45) is 1.39. The average Bonchev–Trinajstić information content (AvgIpc) is 2.94. The van der Waals surface area contributed by atoms with E-state index in [1.165, 1.54) is 11.9 Å². The normalized spacial score (nSPS) is 11.8. The summed E-state index contributed by atoms with van der Waals surface area (Å²) in [6.45, 7) is 1.80. The molecule has 0 saturated carbocycles. The molecule has 0 aliphatic rings. The van der Waals surface area contributed by atoms with Crippen molar-refractivity contribution in [2.75, 3.05) is 31.3 Å². The number of rotatable bonds is 13. The molecule has 3 rings (SSSR count). The van der Waals surface area contributed by atoms with Gasteiger partial charge in [0.05, 0.1) is 19.1 Å². The van der Waals surface area contributed by atoms with E-state index in [4.69, 9.17) is 9.47 Å². The molecule has 0 unspecified atom stereocenters. The van der Waals surface area contributed by atoms with Gasteiger partial charge in [-0.15, -0.1) is 0 Å². The molecule has 0 heterocycles. The minimum absolute atomic E-state index is 0.103. The Morgan fingerprint density at radius 1 is 0.923 bits per heavy atom. The second-order valence-corrected chi connectivity index (χ2v) is 10.9. The molecule has 3 aromatic rings. The number of nitrogens with one attached hydrogen (secondary N) is 1. The zero-order valence-electron chi connectivity index (χ0n) is 22.7. The molecular formula is C29H35N3O6S. The Morgan fingerprint density at radius 2 is 1.59 bits per heavy atom. The van der Waals surface area contributed by atoms with Crippen molar-refractivity contribution in [3.63, 3.8) is 0 Å². The fourth-order valence-corrected chi connectivity index (χ4v) is 4.97. The lowest BCUT2D eigenvalue weighted by atomic mass is 10.1. The number of methoxy groups -OCH3 is 1. The molecule has 0 saturated heterocycles. The summed E-state index contributed by atoms with van der Waals surface area (Å²) in [6, 6.07) is 22.6. The average molecular weight is 554 g/mol. The predicted octanol–water partition coefficient (Wildman–Crippen LogP) is 3.59. The summed E-state index contributed by atoms with van der Waals surface area (Å²) in [4.78, 5) is 27.8. The van der Waals surface area contributed by atoms with Crippen LogP contribution in [0.3, 0.4) is 0 Å². The number of ether oxygens (including phenoxy) is 2. The van der Waals surface area contributed by atoms with Gasteiger partial charge in [0.25, 0.3) is 0 Å². The lowest BCUT2D eigenvalue weighted by Gasteiger charge is -2.32. The number of anilines is 1. The van der Waals surface area contributed by atoms with Crippen LogP contribution in [0.1, 0.15) is 24.5 Å². The Hall–Kier alpha value is -4.05. The van der Waals surface area contributed by atoms with Crippen LogP contribution in [-0.4, -0.2) is 58.1 Å². The van der Waals surface area contributed by atoms with Gasteiger partial charge in [-0.3, -0.25) is 13.9 Å². The minimum Gasteiger partial charge on any atom is -0.497 e. The molecule has 3 aromatic carbocycles. The largest absolute Gasteiger partial charge is 0.497 e. The van der Waals surface area contributed by atoms with Crippen molar-refractivity contribution in [1.82, 2.24) is 10.2 Å². The number of carbonyl (C=O) groups excluding carboxylic acids is 2. The Balaban J connectivity index is 1.84. The van der Waals surface area contributed by atoms with E-state index in [2.05, 4.69) is 5.32 Å². The number of nitrogens with zero attached hydrogens (tertiary/aromatic N) is 2. The zero-order chi connectivity index (χ0) is 28.4. The smallest absolute Gasteiger partial charge is 0.244 e. The van der Waals surface area contributed by atoms with Gasteiger partial charge in [0, 0.05) is 13.6 Å². The van der Waals surface area contributed by atoms with Crippen LogP contribution >= 0.6 is 0 Å². The first kappa shape index (κ1) is 29.5. The Kier molecular flexibility index (Phi) is 10.3. The molecule has 0 fully saturated rings. The van der Waals surface area contributed by atoms with Crippen LogP contribution in [0.25, 0.3) is 0 Å². The number of carbonyl (C=O) groups is 2. The molecular weight excluding hydrogens is 518 g/mol. The summed E-state index contributed by atoms with van der Waals surface area (Å²) in [5.41, 5.74) is 2.06. The second kappa shape index (κ2) is 13.7. The van der Waals surface area contributed by atoms with Crippen molar-refractivity contribution in [1.29, 1.82) is 0 Å². The third-order valence-corrected chi connectivity index (χ3v) is 7.31. The van der Waals surface area contributed by atoms with E-state index < -0.39 is 28.5 Å². The number of amides is 2. The molecule has 0 aliphatic heterocycles. The van der Waals surface area contributed by atoms with Gasteiger partial charge in [-0.1, -0.05) is 49.4 Å². The van der Waals surface area contributed by atoms with Crippen LogP contribution in [-0.2, 0) is 32.8 Å². The maximum atomic E-state index is 13.7. The molecule has 2 amide bonds. The molecule has 208 valence electrons. The highest BCUT2D eigenvalue weighted by Gasteiger charge is 2.31. The van der Waals surface area contributed by atoms with Crippen LogP contribution in [0, 0.1) is 0 Å². The molecule has 1 atom stereocenters. The number of hydrogen-bond acceptors (Lipinski definition) is 6. The van der Waals surface area contributed by atoms with Gasteiger partial charge in [0.15, 0.2) is 0 Å². The molecule has 0 aliphatic carbocycles. The monoisotopic (exact) mass is 553 g/mol. The van der Waals surface area contributed by atoms with Gasteiger partial charge in [0.2, 0.25) is 21.8 Å². The lowest BCUT2D eigenvalue weighted by molar-refractivity contribution is -0.140. The van der Waals surface area contributed by atoms with Gasteiger partial charge in [-0.2, -0.15) is 0 Å². The lowest BCUT2D eigenvalue weighted by Crippen LogP contribution is -2.51. The van der Waals surface area contributed by atoms with Crippen molar-refractivity contribution in [3.05, 3.63) is 90.0 Å². The predicted molar refractivity (Wildman–Crippen MR) is 151 cm³/mol. The molecule has 0 radical (unpaired) electrons. The van der Waals surface area contributed by atoms with Crippen LogP contribution in [0.2, 0.25) is 0 Å². The molecule has 0 aromatic heterocycles. The van der Waals surface area contributed by atoms with E-state index in [0.717, 1.165) is 21.7 Å². The second-order valence-electron chi connectivity index (χ2n) is 8.95. The van der Waals surface area contributed by atoms with Gasteiger partial charge < -0.3 is 19.7 Å². The van der Waals surface area contributed by atoms with E-state index in [1.807, 2.05) is 36.4 Å². The summed E-state index contributed by atoms with van der Waals surface area (Å²) in [7, 11) is -0.784. The summed E-state index contributed by atoms with van der Waals surface area (Å²) < 4.78 is 37.7. The summed E-state index contributed by atoms with van der Waals surface area (Å²) >= 11 is 0. The molecule has 0 bridgehead atoms. The highest BCUT2D eigenvalue weighted by atomic mass is 32.2. The maximum absolute atomic E-state index is 13.7. The Morgan fingerprint density at radius 3 is 2.18 bits per heavy atom. The van der Waals surface area contributed by atoms with E-state index in [-0.39, 0.29) is 12.5 Å². The molecule has 39 heavy (non-hydrogen) atoms. The number of hydrogen-bond donors (Lipinski definition) is 1. The Bertz CT molecular complexity index is 1350. The fourth-order valence-electron chi connectivity index (χ4n) is 4.12. The zero-order valence-corrected chi connectivity index (χ0v) is 23.5. The number of benzene rings is 3. The van der Waals surface area contributed by atoms with Gasteiger partial charge in [0.1, 0.15) is 30.7 Å². The number of sulfonamides is 1. The maximum Gasteiger partial charge on any atom is 0.244 e. The summed E-state index contributed by atoms with van der Waals surface area (Å²) in [5.74, 6) is 0.329. The first-order valence-corrected chi connectivity index (χ1v) is 14.4. The van der Waals surface area contributed by atoms with Crippen LogP contribution in [0.15, 0.2) is 78.9 Å². The highest BCUT2D eigenvalue weighted by Crippen LogP contribution is 2.24. The quantitative estimate of drug-likeness (QED) is 0.347. The van der Waals surface area contributed by atoms with Crippen molar-refractivity contribution >= 4 is 27.5 Å². The molecule has 10 heteroatoms. The molecule has 1 N–H and O–H groups in total. The SMILES string of the molecule is CC[C@H](C(=O)NC)N(Cc1cccc(OC)c1)C(=O)CN(c1ccc(OCc2ccccc2)cc1)S(C)(=O)=O.